The highest BCUT2D eigenvalue weighted by Crippen LogP contribution is 2.41. The zero-order valence-electron chi connectivity index (χ0n) is 16.3. The maximum absolute atomic E-state index is 10.9. The number of rotatable bonds is 11. The van der Waals surface area contributed by atoms with Crippen molar-refractivity contribution >= 4 is 29.3 Å². The van der Waals surface area contributed by atoms with Gasteiger partial charge in [0.15, 0.2) is 0 Å². The largest absolute Gasteiger partial charge is 0.481 e. The second kappa shape index (κ2) is 10.8. The first-order chi connectivity index (χ1) is 13.2. The molecule has 3 unspecified atom stereocenters. The molecule has 1 fully saturated rings. The number of thioether (sulfide) groups is 1. The molecule has 1 aliphatic carbocycles. The van der Waals surface area contributed by atoms with Crippen LogP contribution in [0.5, 0.6) is 0 Å². The second-order valence-corrected chi connectivity index (χ2v) is 9.54. The molecule has 4 N–H and O–H groups in total. The maximum Gasteiger partial charge on any atom is 0.303 e. The Morgan fingerprint density at radius 3 is 2.61 bits per heavy atom. The van der Waals surface area contributed by atoms with Gasteiger partial charge < -0.3 is 20.4 Å². The number of aliphatic hydroxyl groups is 3. The molecule has 0 aromatic heterocycles. The molecule has 0 heterocycles. The fourth-order valence-corrected chi connectivity index (χ4v) is 5.60. The van der Waals surface area contributed by atoms with E-state index in [1.807, 2.05) is 6.07 Å². The van der Waals surface area contributed by atoms with Gasteiger partial charge >= 0.3 is 5.97 Å². The summed E-state index contributed by atoms with van der Waals surface area (Å²) in [4.78, 5) is 10.5. The number of halogens is 1. The third-order valence-electron chi connectivity index (χ3n) is 5.46. The van der Waals surface area contributed by atoms with Gasteiger partial charge in [0, 0.05) is 28.9 Å². The van der Waals surface area contributed by atoms with Gasteiger partial charge in [-0.3, -0.25) is 4.79 Å². The number of carbonyl (C=O) groups is 1. The molecule has 1 saturated carbocycles. The SMILES string of the molecule is CC(O)(CS[C@H]1C(O)CC(O)[C@@H]1CCCCCCC(=O)O)c1cccc(Cl)c1. The van der Waals surface area contributed by atoms with E-state index in [0.717, 1.165) is 31.2 Å². The van der Waals surface area contributed by atoms with Gasteiger partial charge in [0.2, 0.25) is 0 Å². The van der Waals surface area contributed by atoms with E-state index in [2.05, 4.69) is 0 Å². The predicted molar refractivity (Wildman–Crippen MR) is 113 cm³/mol. The molecule has 0 aliphatic heterocycles. The van der Waals surface area contributed by atoms with E-state index >= 15 is 0 Å². The van der Waals surface area contributed by atoms with E-state index in [-0.39, 0.29) is 17.6 Å². The monoisotopic (exact) mass is 430 g/mol. The van der Waals surface area contributed by atoms with Crippen molar-refractivity contribution in [1.29, 1.82) is 0 Å². The van der Waals surface area contributed by atoms with Crippen LogP contribution in [0.1, 0.15) is 57.4 Å². The fourth-order valence-electron chi connectivity index (χ4n) is 3.83. The zero-order valence-corrected chi connectivity index (χ0v) is 17.8. The van der Waals surface area contributed by atoms with Crippen molar-refractivity contribution in [2.75, 3.05) is 5.75 Å². The van der Waals surface area contributed by atoms with Gasteiger partial charge in [0.25, 0.3) is 0 Å². The van der Waals surface area contributed by atoms with Gasteiger partial charge in [-0.05, 0) is 43.4 Å². The lowest BCUT2D eigenvalue weighted by atomic mass is 9.97. The molecule has 1 aromatic carbocycles. The van der Waals surface area contributed by atoms with Crippen LogP contribution in [0.25, 0.3) is 0 Å². The van der Waals surface area contributed by atoms with Crippen LogP contribution in [0, 0.1) is 5.92 Å². The van der Waals surface area contributed by atoms with Crippen molar-refractivity contribution in [3.63, 3.8) is 0 Å². The number of aliphatic carboxylic acids is 1. The van der Waals surface area contributed by atoms with Crippen LogP contribution in [0.2, 0.25) is 5.02 Å². The maximum atomic E-state index is 10.9. The summed E-state index contributed by atoms with van der Waals surface area (Å²) in [6, 6.07) is 7.15. The molecular weight excluding hydrogens is 400 g/mol. The predicted octanol–water partition coefficient (Wildman–Crippen LogP) is 3.82. The molecule has 0 radical (unpaired) electrons. The van der Waals surface area contributed by atoms with E-state index in [1.165, 1.54) is 11.8 Å². The summed E-state index contributed by atoms with van der Waals surface area (Å²) in [5.74, 6) is -0.385. The average molecular weight is 431 g/mol. The first-order valence-electron chi connectivity index (χ1n) is 9.88. The molecular formula is C21H31ClO5S. The molecule has 2 rings (SSSR count). The number of hydrogen-bond donors (Lipinski definition) is 4. The molecule has 158 valence electrons. The normalized spacial score (nSPS) is 26.9. The quantitative estimate of drug-likeness (QED) is 0.398. The summed E-state index contributed by atoms with van der Waals surface area (Å²) in [7, 11) is 0. The highest BCUT2D eigenvalue weighted by Gasteiger charge is 2.42. The first kappa shape index (κ1) is 23.5. The van der Waals surface area contributed by atoms with Crippen molar-refractivity contribution in [1.82, 2.24) is 0 Å². The molecule has 1 aliphatic rings. The Morgan fingerprint density at radius 2 is 1.93 bits per heavy atom. The number of carboxylic acids is 1. The summed E-state index contributed by atoms with van der Waals surface area (Å²) in [6.07, 6.45) is 3.57. The van der Waals surface area contributed by atoms with Gasteiger partial charge in [-0.15, -0.1) is 0 Å². The van der Waals surface area contributed by atoms with Gasteiger partial charge in [-0.25, -0.2) is 0 Å². The van der Waals surface area contributed by atoms with Crippen molar-refractivity contribution in [2.45, 2.75) is 74.9 Å². The Labute approximate surface area is 176 Å². The Balaban J connectivity index is 1.86. The van der Waals surface area contributed by atoms with E-state index in [1.54, 1.807) is 25.1 Å². The van der Waals surface area contributed by atoms with Gasteiger partial charge in [-0.2, -0.15) is 11.8 Å². The van der Waals surface area contributed by atoms with Gasteiger partial charge in [0.05, 0.1) is 17.8 Å². The molecule has 5 nitrogen and oxygen atoms in total. The van der Waals surface area contributed by atoms with Crippen LogP contribution in [0.3, 0.4) is 0 Å². The lowest BCUT2D eigenvalue weighted by molar-refractivity contribution is -0.137. The molecule has 1 aromatic rings. The minimum atomic E-state index is -1.08. The number of carboxylic acid groups (broad SMARTS) is 1. The van der Waals surface area contributed by atoms with Crippen LogP contribution in [0.4, 0.5) is 0 Å². The molecule has 28 heavy (non-hydrogen) atoms. The summed E-state index contributed by atoms with van der Waals surface area (Å²) < 4.78 is 0. The van der Waals surface area contributed by atoms with E-state index in [9.17, 15) is 20.1 Å². The summed E-state index contributed by atoms with van der Waals surface area (Å²) in [6.45, 7) is 1.74. The fraction of sp³-hybridized carbons (Fsp3) is 0.667. The minimum Gasteiger partial charge on any atom is -0.481 e. The van der Waals surface area contributed by atoms with Gasteiger partial charge in [0.1, 0.15) is 0 Å². The molecule has 0 amide bonds. The molecule has 5 atom stereocenters. The van der Waals surface area contributed by atoms with Crippen LogP contribution < -0.4 is 0 Å². The molecule has 0 bridgehead atoms. The van der Waals surface area contributed by atoms with Crippen LogP contribution in [0.15, 0.2) is 24.3 Å². The lowest BCUT2D eigenvalue weighted by Crippen LogP contribution is -2.30. The van der Waals surface area contributed by atoms with E-state index in [0.29, 0.717) is 23.6 Å². The Hall–Kier alpha value is -0.790. The van der Waals surface area contributed by atoms with Crippen LogP contribution in [-0.4, -0.2) is 49.6 Å². The van der Waals surface area contributed by atoms with Crippen molar-refractivity contribution in [2.24, 2.45) is 5.92 Å². The van der Waals surface area contributed by atoms with Crippen molar-refractivity contribution in [3.8, 4) is 0 Å². The third-order valence-corrected chi connectivity index (χ3v) is 7.47. The first-order valence-corrected chi connectivity index (χ1v) is 11.3. The third kappa shape index (κ3) is 6.92. The average Bonchev–Trinajstić information content (AvgIpc) is 2.89. The molecule has 7 heteroatoms. The minimum absolute atomic E-state index is 0.0189. The second-order valence-electron chi connectivity index (χ2n) is 7.94. The Bertz CT molecular complexity index is 639. The number of benzene rings is 1. The highest BCUT2D eigenvalue weighted by molar-refractivity contribution is 8.00. The lowest BCUT2D eigenvalue weighted by Gasteiger charge is -2.29. The Kier molecular flexibility index (Phi) is 9.09. The molecule has 0 spiro atoms. The van der Waals surface area contributed by atoms with E-state index < -0.39 is 23.8 Å². The number of aliphatic hydroxyl groups excluding tert-OH is 2. The van der Waals surface area contributed by atoms with Crippen molar-refractivity contribution in [3.05, 3.63) is 34.9 Å². The number of unbranched alkanes of at least 4 members (excludes halogenated alkanes) is 3. The van der Waals surface area contributed by atoms with Crippen LogP contribution >= 0.6 is 23.4 Å². The molecule has 0 saturated heterocycles. The van der Waals surface area contributed by atoms with Crippen molar-refractivity contribution < 1.29 is 25.2 Å². The smallest absolute Gasteiger partial charge is 0.303 e. The topological polar surface area (TPSA) is 98.0 Å². The number of hydrogen-bond acceptors (Lipinski definition) is 5. The Morgan fingerprint density at radius 1 is 1.21 bits per heavy atom. The summed E-state index contributed by atoms with van der Waals surface area (Å²) in [5, 5.41) is 40.7. The standard InChI is InChI=1S/C21H31ClO5S/c1-21(27,14-7-6-8-15(22)11-14)13-28-20-16(17(23)12-18(20)24)9-4-2-3-5-10-19(25)26/h6-8,11,16-18,20,23-24,27H,2-5,9-10,12-13H2,1H3,(H,25,26)/t16-,17?,18?,20+,21?/m0/s1. The van der Waals surface area contributed by atoms with E-state index in [4.69, 9.17) is 16.7 Å². The highest BCUT2D eigenvalue weighted by atomic mass is 35.5. The zero-order chi connectivity index (χ0) is 20.7. The van der Waals surface area contributed by atoms with Crippen LogP contribution in [-0.2, 0) is 10.4 Å². The summed E-state index contributed by atoms with van der Waals surface area (Å²) >= 11 is 7.53. The van der Waals surface area contributed by atoms with Gasteiger partial charge in [-0.1, -0.05) is 43.0 Å². The summed E-state index contributed by atoms with van der Waals surface area (Å²) in [5.41, 5.74) is -0.347.